The molecule has 1 aliphatic rings. The lowest BCUT2D eigenvalue weighted by Crippen LogP contribution is -2.47. The molecule has 7 nitrogen and oxygen atoms in total. The summed E-state index contributed by atoms with van der Waals surface area (Å²) in [6.45, 7) is 3.49. The number of rotatable bonds is 6. The summed E-state index contributed by atoms with van der Waals surface area (Å²) in [5, 5.41) is 0. The maximum absolute atomic E-state index is 5.87. The molecule has 4 rings (SSSR count). The fraction of sp³-hybridized carbons (Fsp3) is 0.273. The molecule has 7 heteroatoms. The van der Waals surface area contributed by atoms with Crippen LogP contribution in [0.25, 0.3) is 0 Å². The zero-order valence-electron chi connectivity index (χ0n) is 16.6. The molecular weight excluding hydrogens is 368 g/mol. The number of aromatic nitrogens is 2. The van der Waals surface area contributed by atoms with Gasteiger partial charge >= 0.3 is 0 Å². The maximum Gasteiger partial charge on any atom is 0.224 e. The molecule has 0 N–H and O–H groups in total. The van der Waals surface area contributed by atoms with Gasteiger partial charge in [0.1, 0.15) is 29.4 Å². The summed E-state index contributed by atoms with van der Waals surface area (Å²) in [5.41, 5.74) is 1.13. The number of anilines is 2. The molecule has 0 saturated carbocycles. The Bertz CT molecular complexity index is 941. The summed E-state index contributed by atoms with van der Waals surface area (Å²) in [5.74, 6) is 3.78. The highest BCUT2D eigenvalue weighted by Crippen LogP contribution is 2.29. The molecule has 1 fully saturated rings. The quantitative estimate of drug-likeness (QED) is 0.635. The average Bonchev–Trinajstić information content (AvgIpc) is 2.80. The van der Waals surface area contributed by atoms with Crippen LogP contribution in [0.4, 0.5) is 11.5 Å². The molecule has 2 aromatic carbocycles. The normalized spacial score (nSPS) is 13.9. The van der Waals surface area contributed by atoms with Crippen LogP contribution in [0.2, 0.25) is 0 Å². The minimum Gasteiger partial charge on any atom is -0.497 e. The monoisotopic (exact) mass is 392 g/mol. The zero-order chi connectivity index (χ0) is 20.1. The van der Waals surface area contributed by atoms with E-state index in [-0.39, 0.29) is 0 Å². The van der Waals surface area contributed by atoms with Crippen molar-refractivity contribution in [3.8, 4) is 23.1 Å². The van der Waals surface area contributed by atoms with E-state index in [4.69, 9.17) is 14.2 Å². The van der Waals surface area contributed by atoms with Crippen LogP contribution in [0.1, 0.15) is 0 Å². The van der Waals surface area contributed by atoms with E-state index in [1.54, 1.807) is 20.5 Å². The van der Waals surface area contributed by atoms with Gasteiger partial charge in [-0.15, -0.1) is 0 Å². The Morgan fingerprint density at radius 2 is 1.45 bits per heavy atom. The molecule has 2 heterocycles. The first-order valence-corrected chi connectivity index (χ1v) is 9.53. The molecule has 0 atom stereocenters. The van der Waals surface area contributed by atoms with Gasteiger partial charge < -0.3 is 24.0 Å². The summed E-state index contributed by atoms with van der Waals surface area (Å²) < 4.78 is 16.5. The van der Waals surface area contributed by atoms with Gasteiger partial charge in [-0.1, -0.05) is 12.1 Å². The van der Waals surface area contributed by atoms with Crippen LogP contribution in [0.3, 0.4) is 0 Å². The van der Waals surface area contributed by atoms with E-state index in [0.29, 0.717) is 11.6 Å². The van der Waals surface area contributed by atoms with Gasteiger partial charge in [0.15, 0.2) is 0 Å². The van der Waals surface area contributed by atoms with Crippen LogP contribution in [-0.2, 0) is 0 Å². The number of nitrogens with zero attached hydrogens (tertiary/aromatic N) is 4. The van der Waals surface area contributed by atoms with E-state index >= 15 is 0 Å². The summed E-state index contributed by atoms with van der Waals surface area (Å²) in [7, 11) is 3.35. The van der Waals surface area contributed by atoms with E-state index < -0.39 is 0 Å². The van der Waals surface area contributed by atoms with E-state index in [0.717, 1.165) is 49.2 Å². The lowest BCUT2D eigenvalue weighted by Gasteiger charge is -2.37. The van der Waals surface area contributed by atoms with Crippen molar-refractivity contribution in [1.82, 2.24) is 9.97 Å². The number of benzene rings is 2. The Labute approximate surface area is 170 Å². The zero-order valence-corrected chi connectivity index (χ0v) is 16.6. The van der Waals surface area contributed by atoms with Crippen LogP contribution in [0.15, 0.2) is 60.9 Å². The Hall–Kier alpha value is -3.48. The molecule has 150 valence electrons. The van der Waals surface area contributed by atoms with Gasteiger partial charge in [-0.3, -0.25) is 0 Å². The first-order valence-electron chi connectivity index (χ1n) is 9.53. The number of ether oxygens (including phenoxy) is 3. The molecule has 1 saturated heterocycles. The van der Waals surface area contributed by atoms with Gasteiger partial charge in [0.05, 0.1) is 19.9 Å². The largest absolute Gasteiger partial charge is 0.497 e. The topological polar surface area (TPSA) is 60.0 Å². The molecule has 1 aromatic heterocycles. The minimum atomic E-state index is 0.521. The van der Waals surface area contributed by atoms with Crippen LogP contribution in [-0.4, -0.2) is 50.4 Å². The molecule has 1 aliphatic heterocycles. The molecule has 0 aliphatic carbocycles. The van der Waals surface area contributed by atoms with Crippen molar-refractivity contribution in [2.24, 2.45) is 0 Å². The first-order chi connectivity index (χ1) is 14.3. The van der Waals surface area contributed by atoms with Crippen molar-refractivity contribution in [1.29, 1.82) is 0 Å². The first kappa shape index (κ1) is 18.9. The van der Waals surface area contributed by atoms with Crippen molar-refractivity contribution in [2.75, 3.05) is 50.2 Å². The Kier molecular flexibility index (Phi) is 5.65. The Morgan fingerprint density at radius 3 is 2.17 bits per heavy atom. The van der Waals surface area contributed by atoms with Crippen LogP contribution in [0.5, 0.6) is 23.1 Å². The third-order valence-electron chi connectivity index (χ3n) is 4.94. The molecule has 0 radical (unpaired) electrons. The van der Waals surface area contributed by atoms with Crippen LogP contribution in [0, 0.1) is 0 Å². The molecule has 0 unspecified atom stereocenters. The predicted octanol–water partition coefficient (Wildman–Crippen LogP) is 3.61. The van der Waals surface area contributed by atoms with E-state index in [2.05, 4.69) is 25.8 Å². The summed E-state index contributed by atoms with van der Waals surface area (Å²) in [4.78, 5) is 13.3. The van der Waals surface area contributed by atoms with E-state index in [1.807, 2.05) is 48.5 Å². The van der Waals surface area contributed by atoms with Gasteiger partial charge in [-0.05, 0) is 36.4 Å². The van der Waals surface area contributed by atoms with Gasteiger partial charge in [0.25, 0.3) is 0 Å². The number of hydrogen-bond acceptors (Lipinski definition) is 7. The predicted molar refractivity (Wildman–Crippen MR) is 113 cm³/mol. The third-order valence-corrected chi connectivity index (χ3v) is 4.94. The maximum atomic E-state index is 5.87. The highest BCUT2D eigenvalue weighted by atomic mass is 16.5. The average molecular weight is 392 g/mol. The van der Waals surface area contributed by atoms with Crippen LogP contribution >= 0.6 is 0 Å². The molecule has 0 bridgehead atoms. The third kappa shape index (κ3) is 4.34. The van der Waals surface area contributed by atoms with Crippen molar-refractivity contribution in [3.05, 3.63) is 60.9 Å². The van der Waals surface area contributed by atoms with E-state index in [1.165, 1.54) is 0 Å². The summed E-state index contributed by atoms with van der Waals surface area (Å²) >= 11 is 0. The SMILES string of the molecule is COc1ccc(Oc2cc(N3CCN(c4ccccc4OC)CC3)ncn2)cc1. The highest BCUT2D eigenvalue weighted by molar-refractivity contribution is 5.59. The van der Waals surface area contributed by atoms with Gasteiger partial charge in [0, 0.05) is 32.2 Å². The molecular formula is C22H24N4O3. The van der Waals surface area contributed by atoms with Crippen molar-refractivity contribution in [2.45, 2.75) is 0 Å². The summed E-state index contributed by atoms with van der Waals surface area (Å²) in [6, 6.07) is 17.4. The second kappa shape index (κ2) is 8.68. The molecule has 3 aromatic rings. The lowest BCUT2D eigenvalue weighted by molar-refractivity contribution is 0.412. The molecule has 0 spiro atoms. The van der Waals surface area contributed by atoms with Gasteiger partial charge in [-0.25, -0.2) is 9.97 Å². The highest BCUT2D eigenvalue weighted by Gasteiger charge is 2.21. The standard InChI is InChI=1S/C22H24N4O3/c1-27-17-7-9-18(10-8-17)29-22-15-21(23-16-24-22)26-13-11-25(12-14-26)19-5-3-4-6-20(19)28-2/h3-10,15-16H,11-14H2,1-2H3. The number of piperazine rings is 1. The smallest absolute Gasteiger partial charge is 0.224 e. The molecule has 0 amide bonds. The Balaban J connectivity index is 1.41. The lowest BCUT2D eigenvalue weighted by atomic mass is 10.2. The Morgan fingerprint density at radius 1 is 0.759 bits per heavy atom. The van der Waals surface area contributed by atoms with Gasteiger partial charge in [0.2, 0.25) is 5.88 Å². The second-order valence-corrected chi connectivity index (χ2v) is 6.64. The second-order valence-electron chi connectivity index (χ2n) is 6.64. The minimum absolute atomic E-state index is 0.521. The number of methoxy groups -OCH3 is 2. The summed E-state index contributed by atoms with van der Waals surface area (Å²) in [6.07, 6.45) is 1.54. The number of hydrogen-bond donors (Lipinski definition) is 0. The van der Waals surface area contributed by atoms with E-state index in [9.17, 15) is 0 Å². The fourth-order valence-corrected chi connectivity index (χ4v) is 3.39. The number of para-hydroxylation sites is 2. The van der Waals surface area contributed by atoms with Gasteiger partial charge in [-0.2, -0.15) is 0 Å². The molecule has 29 heavy (non-hydrogen) atoms. The van der Waals surface area contributed by atoms with Crippen molar-refractivity contribution in [3.63, 3.8) is 0 Å². The van der Waals surface area contributed by atoms with Crippen LogP contribution < -0.4 is 24.0 Å². The van der Waals surface area contributed by atoms with Crippen molar-refractivity contribution >= 4 is 11.5 Å². The fourth-order valence-electron chi connectivity index (χ4n) is 3.39. The van der Waals surface area contributed by atoms with Crippen molar-refractivity contribution < 1.29 is 14.2 Å².